The van der Waals surface area contributed by atoms with Gasteiger partial charge in [-0.2, -0.15) is 5.10 Å². The number of halogens is 2. The van der Waals surface area contributed by atoms with Crippen molar-refractivity contribution in [3.63, 3.8) is 0 Å². The molecule has 2 rings (SSSR count). The monoisotopic (exact) mass is 321 g/mol. The Hall–Kier alpha value is -2.77. The Morgan fingerprint density at radius 3 is 2.70 bits per heavy atom. The summed E-state index contributed by atoms with van der Waals surface area (Å²) < 4.78 is 26.3. The van der Waals surface area contributed by atoms with Crippen molar-refractivity contribution < 1.29 is 13.6 Å². The molecule has 23 heavy (non-hydrogen) atoms. The Kier molecular flexibility index (Phi) is 5.40. The molecule has 8 heteroatoms. The van der Waals surface area contributed by atoms with Crippen molar-refractivity contribution in [3.05, 3.63) is 47.7 Å². The third kappa shape index (κ3) is 4.60. The van der Waals surface area contributed by atoms with Crippen molar-refractivity contribution in [2.24, 2.45) is 0 Å². The van der Waals surface area contributed by atoms with Crippen molar-refractivity contribution in [2.45, 2.75) is 0 Å². The number of nitrogens with one attached hydrogen (secondary N) is 2. The summed E-state index contributed by atoms with van der Waals surface area (Å²) in [5.74, 6) is -1.64. The highest BCUT2D eigenvalue weighted by Gasteiger charge is 2.11. The van der Waals surface area contributed by atoms with Gasteiger partial charge in [-0.3, -0.25) is 4.79 Å². The van der Waals surface area contributed by atoms with Crippen LogP contribution in [0.1, 0.15) is 10.4 Å². The lowest BCUT2D eigenvalue weighted by Crippen LogP contribution is -2.29. The highest BCUT2D eigenvalue weighted by Crippen LogP contribution is 2.12. The van der Waals surface area contributed by atoms with E-state index in [1.165, 1.54) is 0 Å². The number of carbonyl (C=O) groups excluding carboxylic acids is 1. The van der Waals surface area contributed by atoms with Gasteiger partial charge in [-0.1, -0.05) is 0 Å². The Labute approximate surface area is 132 Å². The van der Waals surface area contributed by atoms with Crippen LogP contribution < -0.4 is 15.5 Å². The van der Waals surface area contributed by atoms with E-state index < -0.39 is 17.5 Å². The van der Waals surface area contributed by atoms with Crippen molar-refractivity contribution in [1.82, 2.24) is 15.5 Å². The molecule has 0 fully saturated rings. The number of anilines is 2. The summed E-state index contributed by atoms with van der Waals surface area (Å²) in [6, 6.07) is 4.64. The lowest BCUT2D eigenvalue weighted by atomic mass is 10.2. The zero-order chi connectivity index (χ0) is 16.8. The van der Waals surface area contributed by atoms with Gasteiger partial charge in [-0.15, -0.1) is 5.10 Å². The fraction of sp³-hybridized carbons (Fsp3) is 0.267. The maximum absolute atomic E-state index is 13.5. The predicted molar refractivity (Wildman–Crippen MR) is 83.5 cm³/mol. The number of aromatic nitrogens is 2. The Balaban J connectivity index is 1.83. The van der Waals surface area contributed by atoms with Crippen LogP contribution in [-0.4, -0.2) is 43.3 Å². The van der Waals surface area contributed by atoms with Gasteiger partial charge in [0.2, 0.25) is 0 Å². The van der Waals surface area contributed by atoms with Gasteiger partial charge in [0.1, 0.15) is 11.6 Å². The highest BCUT2D eigenvalue weighted by atomic mass is 19.1. The van der Waals surface area contributed by atoms with Crippen LogP contribution >= 0.6 is 0 Å². The summed E-state index contributed by atoms with van der Waals surface area (Å²) in [6.07, 6.45) is 1.63. The highest BCUT2D eigenvalue weighted by molar-refractivity contribution is 5.94. The maximum atomic E-state index is 13.5. The average Bonchev–Trinajstić information content (AvgIpc) is 2.51. The van der Waals surface area contributed by atoms with Crippen LogP contribution in [-0.2, 0) is 0 Å². The van der Waals surface area contributed by atoms with E-state index in [1.807, 2.05) is 25.1 Å². The molecule has 1 aromatic carbocycles. The van der Waals surface area contributed by atoms with E-state index in [1.54, 1.807) is 6.20 Å². The lowest BCUT2D eigenvalue weighted by Gasteiger charge is -2.13. The van der Waals surface area contributed by atoms with Crippen LogP contribution in [0.4, 0.5) is 20.3 Å². The molecule has 0 radical (unpaired) electrons. The summed E-state index contributed by atoms with van der Waals surface area (Å²) in [4.78, 5) is 13.7. The molecule has 1 heterocycles. The van der Waals surface area contributed by atoms with E-state index in [2.05, 4.69) is 20.8 Å². The molecule has 2 aromatic rings. The smallest absolute Gasteiger partial charge is 0.254 e. The standard InChI is InChI=1S/C15H17F2N5O/c1-22(2)11-8-14(21-20-9-11)18-5-6-19-15(23)12-4-3-10(16)7-13(12)17/h3-4,7-9H,5-6H2,1-2H3,(H,18,21)(H,19,23). The fourth-order valence-electron chi connectivity index (χ4n) is 1.82. The van der Waals surface area contributed by atoms with Crippen molar-refractivity contribution in [2.75, 3.05) is 37.4 Å². The van der Waals surface area contributed by atoms with Gasteiger partial charge in [-0.05, 0) is 12.1 Å². The van der Waals surface area contributed by atoms with Gasteiger partial charge in [0, 0.05) is 39.3 Å². The van der Waals surface area contributed by atoms with Crippen LogP contribution in [0, 0.1) is 11.6 Å². The van der Waals surface area contributed by atoms with E-state index in [0.717, 1.165) is 17.8 Å². The second-order valence-corrected chi connectivity index (χ2v) is 5.00. The zero-order valence-corrected chi connectivity index (χ0v) is 12.8. The Bertz CT molecular complexity index is 693. The SMILES string of the molecule is CN(C)c1cnnc(NCCNC(=O)c2ccc(F)cc2F)c1. The number of hydrogen-bond acceptors (Lipinski definition) is 5. The van der Waals surface area contributed by atoms with E-state index in [0.29, 0.717) is 18.4 Å². The third-order valence-electron chi connectivity index (χ3n) is 3.05. The van der Waals surface area contributed by atoms with Crippen molar-refractivity contribution in [3.8, 4) is 0 Å². The largest absolute Gasteiger partial charge is 0.376 e. The van der Waals surface area contributed by atoms with Crippen molar-refractivity contribution >= 4 is 17.4 Å². The molecule has 1 aromatic heterocycles. The molecule has 0 bridgehead atoms. The van der Waals surface area contributed by atoms with E-state index >= 15 is 0 Å². The Morgan fingerprint density at radius 1 is 1.22 bits per heavy atom. The summed E-state index contributed by atoms with van der Waals surface area (Å²) in [5.41, 5.74) is 0.695. The third-order valence-corrected chi connectivity index (χ3v) is 3.05. The number of hydrogen-bond donors (Lipinski definition) is 2. The molecule has 0 aliphatic carbocycles. The first-order chi connectivity index (χ1) is 11.0. The summed E-state index contributed by atoms with van der Waals surface area (Å²) in [7, 11) is 3.77. The zero-order valence-electron chi connectivity index (χ0n) is 12.8. The molecule has 0 saturated heterocycles. The fourth-order valence-corrected chi connectivity index (χ4v) is 1.82. The molecule has 0 spiro atoms. The second kappa shape index (κ2) is 7.48. The van der Waals surface area contributed by atoms with Crippen molar-refractivity contribution in [1.29, 1.82) is 0 Å². The van der Waals surface area contributed by atoms with Gasteiger partial charge in [0.25, 0.3) is 5.91 Å². The molecule has 0 atom stereocenters. The molecule has 0 unspecified atom stereocenters. The first-order valence-electron chi connectivity index (χ1n) is 6.94. The number of amides is 1. The number of benzene rings is 1. The van der Waals surface area contributed by atoms with E-state index in [4.69, 9.17) is 0 Å². The first kappa shape index (κ1) is 16.6. The second-order valence-electron chi connectivity index (χ2n) is 5.00. The minimum Gasteiger partial charge on any atom is -0.376 e. The van der Waals surface area contributed by atoms with Crippen LogP contribution in [0.25, 0.3) is 0 Å². The summed E-state index contributed by atoms with van der Waals surface area (Å²) in [5, 5.41) is 13.3. The summed E-state index contributed by atoms with van der Waals surface area (Å²) >= 11 is 0. The number of carbonyl (C=O) groups is 1. The quantitative estimate of drug-likeness (QED) is 0.792. The van der Waals surface area contributed by atoms with Gasteiger partial charge >= 0.3 is 0 Å². The molecule has 6 nitrogen and oxygen atoms in total. The number of rotatable bonds is 6. The van der Waals surface area contributed by atoms with E-state index in [-0.39, 0.29) is 12.1 Å². The van der Waals surface area contributed by atoms with Gasteiger partial charge < -0.3 is 15.5 Å². The molecule has 122 valence electrons. The Morgan fingerprint density at radius 2 is 2.00 bits per heavy atom. The predicted octanol–water partition coefficient (Wildman–Crippen LogP) is 1.66. The normalized spacial score (nSPS) is 10.3. The molecule has 0 aliphatic heterocycles. The minimum atomic E-state index is -0.889. The molecule has 0 saturated carbocycles. The maximum Gasteiger partial charge on any atom is 0.254 e. The average molecular weight is 321 g/mol. The molecule has 1 amide bonds. The molecule has 2 N–H and O–H groups in total. The van der Waals surface area contributed by atoms with Gasteiger partial charge in [0.15, 0.2) is 5.82 Å². The summed E-state index contributed by atoms with van der Waals surface area (Å²) in [6.45, 7) is 0.642. The molecular formula is C15H17F2N5O. The first-order valence-corrected chi connectivity index (χ1v) is 6.94. The lowest BCUT2D eigenvalue weighted by molar-refractivity contribution is 0.0951. The van der Waals surface area contributed by atoms with Crippen LogP contribution in [0.3, 0.4) is 0 Å². The minimum absolute atomic E-state index is 0.194. The van der Waals surface area contributed by atoms with Gasteiger partial charge in [0.05, 0.1) is 17.4 Å². The number of nitrogens with zero attached hydrogens (tertiary/aromatic N) is 3. The molecular weight excluding hydrogens is 304 g/mol. The van der Waals surface area contributed by atoms with E-state index in [9.17, 15) is 13.6 Å². The topological polar surface area (TPSA) is 70.2 Å². The van der Waals surface area contributed by atoms with Crippen LogP contribution in [0.5, 0.6) is 0 Å². The van der Waals surface area contributed by atoms with Gasteiger partial charge in [-0.25, -0.2) is 8.78 Å². The molecule has 0 aliphatic rings. The van der Waals surface area contributed by atoms with Crippen LogP contribution in [0.15, 0.2) is 30.5 Å². The van der Waals surface area contributed by atoms with Crippen LogP contribution in [0.2, 0.25) is 0 Å².